The van der Waals surface area contributed by atoms with Crippen molar-refractivity contribution in [2.45, 2.75) is 9.79 Å². The van der Waals surface area contributed by atoms with Gasteiger partial charge in [-0.25, -0.2) is 22.8 Å². The number of aromatic nitrogens is 3. The fourth-order valence-corrected chi connectivity index (χ4v) is 5.02. The Labute approximate surface area is 192 Å². The number of hydrogen-bond donors (Lipinski definition) is 1. The summed E-state index contributed by atoms with van der Waals surface area (Å²) < 4.78 is 41.5. The number of rotatable bonds is 4. The maximum Gasteiger partial charge on any atom is 0.212 e. The van der Waals surface area contributed by atoms with Crippen LogP contribution < -0.4 is 5.73 Å². The van der Waals surface area contributed by atoms with Gasteiger partial charge in [-0.2, -0.15) is 9.78 Å². The first kappa shape index (κ1) is 21.0. The summed E-state index contributed by atoms with van der Waals surface area (Å²) in [5, 5.41) is 4.74. The van der Waals surface area contributed by atoms with Gasteiger partial charge in [0.2, 0.25) is 9.84 Å². The normalized spacial score (nSPS) is 12.2. The van der Waals surface area contributed by atoms with Crippen molar-refractivity contribution in [3.8, 4) is 0 Å². The summed E-state index contributed by atoms with van der Waals surface area (Å²) in [6, 6.07) is 18.5. The molecule has 7 nitrogen and oxygen atoms in total. The number of fused-ring (bicyclic) bond motifs is 2. The van der Waals surface area contributed by atoms with Crippen molar-refractivity contribution in [2.24, 2.45) is 5.10 Å². The number of nitrogens with zero attached hydrogens (tertiary/aromatic N) is 4. The summed E-state index contributed by atoms with van der Waals surface area (Å²) in [4.78, 5) is 8.92. The Kier molecular flexibility index (Phi) is 5.07. The zero-order valence-corrected chi connectivity index (χ0v) is 18.4. The van der Waals surface area contributed by atoms with Gasteiger partial charge in [-0.15, -0.1) is 0 Å². The summed E-state index contributed by atoms with van der Waals surface area (Å²) in [5.41, 5.74) is 8.25. The van der Waals surface area contributed by atoms with Gasteiger partial charge in [-0.1, -0.05) is 35.9 Å². The molecule has 0 fully saturated rings. The lowest BCUT2D eigenvalue weighted by Gasteiger charge is -2.05. The van der Waals surface area contributed by atoms with Crippen LogP contribution in [-0.4, -0.2) is 29.3 Å². The highest BCUT2D eigenvalue weighted by Crippen LogP contribution is 2.35. The van der Waals surface area contributed by atoms with Crippen molar-refractivity contribution < 1.29 is 12.8 Å². The van der Waals surface area contributed by atoms with E-state index in [4.69, 9.17) is 17.3 Å². The average molecular weight is 480 g/mol. The Hall–Kier alpha value is -3.82. The lowest BCUT2D eigenvalue weighted by atomic mass is 10.2. The molecule has 0 amide bonds. The molecule has 164 valence electrons. The van der Waals surface area contributed by atoms with E-state index in [1.807, 2.05) is 0 Å². The average Bonchev–Trinajstić information content (AvgIpc) is 3.08. The minimum absolute atomic E-state index is 0.00937. The summed E-state index contributed by atoms with van der Waals surface area (Å²) in [5.74, 6) is -0.527. The molecule has 5 aromatic rings. The standard InChI is InChI=1S/C23H15ClFN5O2S/c24-15-7-11-17(12-8-15)33(31,32)21-20-23(29-19-4-2-1-3-18(19)28-20)30(22(21)26)27-13-14-5-9-16(25)10-6-14/h1-13H,26H2. The van der Waals surface area contributed by atoms with Crippen LogP contribution in [0, 0.1) is 5.82 Å². The van der Waals surface area contributed by atoms with Crippen molar-refractivity contribution in [2.75, 3.05) is 5.73 Å². The molecule has 0 spiro atoms. The van der Waals surface area contributed by atoms with E-state index in [1.165, 1.54) is 59.4 Å². The Balaban J connectivity index is 1.78. The third-order valence-electron chi connectivity index (χ3n) is 5.01. The SMILES string of the molecule is Nc1c(S(=O)(=O)c2ccc(Cl)cc2)c2nc3ccccc3nc2n1N=Cc1ccc(F)cc1. The molecule has 0 aliphatic carbocycles. The zero-order valence-electron chi connectivity index (χ0n) is 16.9. The van der Waals surface area contributed by atoms with Gasteiger partial charge in [0, 0.05) is 5.02 Å². The molecule has 0 aliphatic heterocycles. The largest absolute Gasteiger partial charge is 0.382 e. The van der Waals surface area contributed by atoms with Crippen LogP contribution in [0.4, 0.5) is 10.2 Å². The fraction of sp³-hybridized carbons (Fsp3) is 0. The Morgan fingerprint density at radius 1 is 0.939 bits per heavy atom. The molecule has 2 aromatic heterocycles. The van der Waals surface area contributed by atoms with Crippen LogP contribution in [0.3, 0.4) is 0 Å². The summed E-state index contributed by atoms with van der Waals surface area (Å²) in [6.45, 7) is 0. The number of anilines is 1. The van der Waals surface area contributed by atoms with Crippen molar-refractivity contribution in [1.82, 2.24) is 14.6 Å². The van der Waals surface area contributed by atoms with Gasteiger partial charge in [0.1, 0.15) is 22.0 Å². The highest BCUT2D eigenvalue weighted by molar-refractivity contribution is 7.92. The Morgan fingerprint density at radius 3 is 2.24 bits per heavy atom. The van der Waals surface area contributed by atoms with Crippen molar-refractivity contribution in [1.29, 1.82) is 0 Å². The van der Waals surface area contributed by atoms with Crippen molar-refractivity contribution >= 4 is 55.7 Å². The van der Waals surface area contributed by atoms with Crippen LogP contribution in [0.2, 0.25) is 5.02 Å². The highest BCUT2D eigenvalue weighted by atomic mass is 35.5. The second kappa shape index (κ2) is 7.95. The van der Waals surface area contributed by atoms with Crippen LogP contribution in [0.25, 0.3) is 22.2 Å². The van der Waals surface area contributed by atoms with Crippen LogP contribution in [0.5, 0.6) is 0 Å². The molecule has 0 aliphatic rings. The lowest BCUT2D eigenvalue weighted by molar-refractivity contribution is 0.597. The quantitative estimate of drug-likeness (QED) is 0.377. The number of hydrogen-bond acceptors (Lipinski definition) is 6. The van der Waals surface area contributed by atoms with Crippen LogP contribution in [-0.2, 0) is 9.84 Å². The number of nitrogen functional groups attached to an aromatic ring is 1. The summed E-state index contributed by atoms with van der Waals surface area (Å²) >= 11 is 5.92. The van der Waals surface area contributed by atoms with Crippen LogP contribution in [0.15, 0.2) is 87.7 Å². The first-order chi connectivity index (χ1) is 15.8. The van der Waals surface area contributed by atoms with Gasteiger partial charge in [-0.3, -0.25) is 0 Å². The summed E-state index contributed by atoms with van der Waals surface area (Å²) in [7, 11) is -4.08. The lowest BCUT2D eigenvalue weighted by Crippen LogP contribution is -2.06. The molecule has 0 saturated heterocycles. The van der Waals surface area contributed by atoms with Gasteiger partial charge in [-0.05, 0) is 54.1 Å². The van der Waals surface area contributed by atoms with E-state index in [9.17, 15) is 12.8 Å². The van der Waals surface area contributed by atoms with Crippen LogP contribution >= 0.6 is 11.6 Å². The molecule has 10 heteroatoms. The van der Waals surface area contributed by atoms with Gasteiger partial charge >= 0.3 is 0 Å². The Bertz CT molecular complexity index is 1650. The molecular weight excluding hydrogens is 465 g/mol. The smallest absolute Gasteiger partial charge is 0.212 e. The summed E-state index contributed by atoms with van der Waals surface area (Å²) in [6.07, 6.45) is 1.44. The molecular formula is C23H15ClFN5O2S. The molecule has 0 saturated carbocycles. The Morgan fingerprint density at radius 2 is 1.58 bits per heavy atom. The molecule has 0 unspecified atom stereocenters. The number of sulfone groups is 1. The minimum Gasteiger partial charge on any atom is -0.382 e. The third-order valence-corrected chi connectivity index (χ3v) is 7.10. The molecule has 0 atom stereocenters. The minimum atomic E-state index is -4.08. The molecule has 5 rings (SSSR count). The predicted octanol–water partition coefficient (Wildman–Crippen LogP) is 4.67. The van der Waals surface area contributed by atoms with E-state index < -0.39 is 9.84 Å². The number of para-hydroxylation sites is 2. The maximum atomic E-state index is 13.5. The van der Waals surface area contributed by atoms with Gasteiger partial charge in [0.15, 0.2) is 5.65 Å². The number of nitrogens with two attached hydrogens (primary N) is 1. The van der Waals surface area contributed by atoms with Gasteiger partial charge in [0.05, 0.1) is 22.1 Å². The molecule has 0 bridgehead atoms. The molecule has 2 heterocycles. The molecule has 3 aromatic carbocycles. The number of halogens is 2. The molecule has 33 heavy (non-hydrogen) atoms. The van der Waals surface area contributed by atoms with Crippen molar-refractivity contribution in [3.63, 3.8) is 0 Å². The predicted molar refractivity (Wildman–Crippen MR) is 126 cm³/mol. The first-order valence-corrected chi connectivity index (χ1v) is 11.6. The molecule has 0 radical (unpaired) electrons. The van der Waals surface area contributed by atoms with E-state index in [1.54, 1.807) is 24.3 Å². The van der Waals surface area contributed by atoms with E-state index >= 15 is 0 Å². The van der Waals surface area contributed by atoms with Crippen molar-refractivity contribution in [3.05, 3.63) is 89.2 Å². The van der Waals surface area contributed by atoms with E-state index in [0.717, 1.165) is 0 Å². The monoisotopic (exact) mass is 479 g/mol. The van der Waals surface area contributed by atoms with E-state index in [0.29, 0.717) is 21.6 Å². The third kappa shape index (κ3) is 3.71. The van der Waals surface area contributed by atoms with Gasteiger partial charge in [0.25, 0.3) is 0 Å². The zero-order chi connectivity index (χ0) is 23.2. The topological polar surface area (TPSA) is 103 Å². The number of benzene rings is 3. The van der Waals surface area contributed by atoms with Gasteiger partial charge < -0.3 is 5.73 Å². The maximum absolute atomic E-state index is 13.5. The van der Waals surface area contributed by atoms with Crippen LogP contribution in [0.1, 0.15) is 5.56 Å². The van der Waals surface area contributed by atoms with E-state index in [2.05, 4.69) is 15.1 Å². The van der Waals surface area contributed by atoms with E-state index in [-0.39, 0.29) is 32.6 Å². The highest BCUT2D eigenvalue weighted by Gasteiger charge is 2.30. The fourth-order valence-electron chi connectivity index (χ4n) is 3.41. The molecule has 2 N–H and O–H groups in total. The first-order valence-electron chi connectivity index (χ1n) is 9.72. The second-order valence-electron chi connectivity index (χ2n) is 7.16. The second-order valence-corrected chi connectivity index (χ2v) is 9.49.